The zero-order chi connectivity index (χ0) is 15.6. The number of hydrogen-bond donors (Lipinski definition) is 1. The van der Waals surface area contributed by atoms with Crippen molar-refractivity contribution in [2.75, 3.05) is 27.2 Å². The fourth-order valence-electron chi connectivity index (χ4n) is 3.26. The first-order valence-corrected chi connectivity index (χ1v) is 8.01. The molecular formula is C18H30N2O. The van der Waals surface area contributed by atoms with Crippen LogP contribution in [0.5, 0.6) is 5.75 Å². The molecule has 1 aliphatic heterocycles. The fraction of sp³-hybridized carbons (Fsp3) is 0.667. The predicted octanol–water partition coefficient (Wildman–Crippen LogP) is 3.33. The van der Waals surface area contributed by atoms with Gasteiger partial charge in [0, 0.05) is 18.2 Å². The number of ether oxygens (including phenoxy) is 1. The Labute approximate surface area is 129 Å². The number of rotatable bonds is 5. The van der Waals surface area contributed by atoms with Gasteiger partial charge in [0.2, 0.25) is 0 Å². The Morgan fingerprint density at radius 3 is 2.62 bits per heavy atom. The van der Waals surface area contributed by atoms with Crippen LogP contribution in [0.25, 0.3) is 0 Å². The van der Waals surface area contributed by atoms with Crippen molar-refractivity contribution in [1.82, 2.24) is 4.90 Å². The molecule has 1 aromatic rings. The molecule has 2 rings (SSSR count). The van der Waals surface area contributed by atoms with Gasteiger partial charge in [-0.1, -0.05) is 26.8 Å². The molecule has 0 radical (unpaired) electrons. The summed E-state index contributed by atoms with van der Waals surface area (Å²) in [4.78, 5) is 2.41. The van der Waals surface area contributed by atoms with Gasteiger partial charge >= 0.3 is 0 Å². The maximum atomic E-state index is 5.87. The molecule has 0 saturated carbocycles. The summed E-state index contributed by atoms with van der Waals surface area (Å²) in [6, 6.07) is 7.11. The molecule has 1 aromatic carbocycles. The Kier molecular flexibility index (Phi) is 4.95. The van der Waals surface area contributed by atoms with Crippen LogP contribution in [0.2, 0.25) is 0 Å². The van der Waals surface area contributed by atoms with Gasteiger partial charge in [0.05, 0.1) is 7.11 Å². The summed E-state index contributed by atoms with van der Waals surface area (Å²) >= 11 is 0. The van der Waals surface area contributed by atoms with E-state index in [9.17, 15) is 0 Å². The van der Waals surface area contributed by atoms with Crippen molar-refractivity contribution in [3.63, 3.8) is 0 Å². The van der Waals surface area contributed by atoms with E-state index < -0.39 is 0 Å². The molecule has 3 nitrogen and oxygen atoms in total. The number of nitrogens with zero attached hydrogens (tertiary/aromatic N) is 1. The van der Waals surface area contributed by atoms with Crippen LogP contribution in [0, 0.1) is 5.92 Å². The number of nitrogens with two attached hydrogens (primary N) is 1. The Bertz CT molecular complexity index is 484. The molecule has 0 aromatic heterocycles. The molecule has 0 bridgehead atoms. The number of hydrogen-bond acceptors (Lipinski definition) is 3. The van der Waals surface area contributed by atoms with Crippen molar-refractivity contribution in [3.8, 4) is 5.75 Å². The lowest BCUT2D eigenvalue weighted by molar-refractivity contribution is 0.302. The fourth-order valence-corrected chi connectivity index (χ4v) is 3.26. The molecule has 0 aliphatic carbocycles. The van der Waals surface area contributed by atoms with Crippen molar-refractivity contribution in [2.24, 2.45) is 11.7 Å². The zero-order valence-electron chi connectivity index (χ0n) is 14.1. The quantitative estimate of drug-likeness (QED) is 0.904. The Morgan fingerprint density at radius 2 is 2.10 bits per heavy atom. The van der Waals surface area contributed by atoms with Gasteiger partial charge in [-0.3, -0.25) is 4.90 Å². The van der Waals surface area contributed by atoms with E-state index in [1.165, 1.54) is 11.1 Å². The van der Waals surface area contributed by atoms with Crippen LogP contribution < -0.4 is 10.5 Å². The summed E-state index contributed by atoms with van der Waals surface area (Å²) in [6.07, 6.45) is 2.25. The third-order valence-corrected chi connectivity index (χ3v) is 5.22. The summed E-state index contributed by atoms with van der Waals surface area (Å²) in [5.74, 6) is 1.59. The summed E-state index contributed by atoms with van der Waals surface area (Å²) < 4.78 is 5.62. The lowest BCUT2D eigenvalue weighted by Crippen LogP contribution is -2.21. The van der Waals surface area contributed by atoms with Crippen molar-refractivity contribution in [3.05, 3.63) is 29.3 Å². The van der Waals surface area contributed by atoms with Gasteiger partial charge in [-0.15, -0.1) is 0 Å². The topological polar surface area (TPSA) is 38.5 Å². The molecule has 1 saturated heterocycles. The van der Waals surface area contributed by atoms with Crippen LogP contribution in [0.15, 0.2) is 18.2 Å². The first-order valence-electron chi connectivity index (χ1n) is 8.01. The van der Waals surface area contributed by atoms with Crippen LogP contribution in [0.3, 0.4) is 0 Å². The average Bonchev–Trinajstić information content (AvgIpc) is 2.87. The van der Waals surface area contributed by atoms with E-state index in [0.717, 1.165) is 31.7 Å². The van der Waals surface area contributed by atoms with Crippen LogP contribution in [0.4, 0.5) is 0 Å². The van der Waals surface area contributed by atoms with Crippen molar-refractivity contribution < 1.29 is 4.74 Å². The van der Waals surface area contributed by atoms with Crippen molar-refractivity contribution >= 4 is 0 Å². The maximum absolute atomic E-state index is 5.87. The number of methoxy groups -OCH3 is 1. The second-order valence-electron chi connectivity index (χ2n) is 6.99. The largest absolute Gasteiger partial charge is 0.496 e. The highest BCUT2D eigenvalue weighted by molar-refractivity contribution is 5.42. The Balaban J connectivity index is 2.39. The van der Waals surface area contributed by atoms with E-state index in [4.69, 9.17) is 10.5 Å². The van der Waals surface area contributed by atoms with Crippen LogP contribution in [0.1, 0.15) is 50.8 Å². The molecule has 3 heteroatoms. The van der Waals surface area contributed by atoms with Crippen LogP contribution in [-0.4, -0.2) is 32.1 Å². The third kappa shape index (κ3) is 3.24. The molecular weight excluding hydrogens is 260 g/mol. The highest BCUT2D eigenvalue weighted by Gasteiger charge is 2.32. The first kappa shape index (κ1) is 16.3. The molecule has 1 aliphatic rings. The Hall–Kier alpha value is -1.06. The second-order valence-corrected chi connectivity index (χ2v) is 6.99. The highest BCUT2D eigenvalue weighted by Crippen LogP contribution is 2.40. The zero-order valence-corrected chi connectivity index (χ0v) is 14.1. The standard InChI is InChI=1S/C18H30N2O/c1-6-18(2,3)14-7-8-17(21-5)15(10-14)16-9-13(11-19)12-20(16)4/h7-8,10,13,16H,6,9,11-12,19H2,1-5H3. The second kappa shape index (κ2) is 6.37. The van der Waals surface area contributed by atoms with Gasteiger partial charge in [-0.25, -0.2) is 0 Å². The third-order valence-electron chi connectivity index (χ3n) is 5.22. The van der Waals surface area contributed by atoms with Gasteiger partial charge in [0.15, 0.2) is 0 Å². The predicted molar refractivity (Wildman–Crippen MR) is 88.8 cm³/mol. The first-order chi connectivity index (χ1) is 9.92. The minimum atomic E-state index is 0.200. The lowest BCUT2D eigenvalue weighted by atomic mass is 9.81. The molecule has 118 valence electrons. The average molecular weight is 290 g/mol. The molecule has 0 spiro atoms. The molecule has 2 N–H and O–H groups in total. The maximum Gasteiger partial charge on any atom is 0.123 e. The van der Waals surface area contributed by atoms with E-state index in [-0.39, 0.29) is 5.41 Å². The van der Waals surface area contributed by atoms with Gasteiger partial charge in [-0.05, 0) is 55.5 Å². The van der Waals surface area contributed by atoms with E-state index in [0.29, 0.717) is 12.0 Å². The normalized spacial score (nSPS) is 23.5. The summed E-state index contributed by atoms with van der Waals surface area (Å²) in [5, 5.41) is 0. The highest BCUT2D eigenvalue weighted by atomic mass is 16.5. The summed E-state index contributed by atoms with van der Waals surface area (Å²) in [6.45, 7) is 8.70. The van der Waals surface area contributed by atoms with Gasteiger partial charge < -0.3 is 10.5 Å². The van der Waals surface area contributed by atoms with Gasteiger partial charge in [-0.2, -0.15) is 0 Å². The van der Waals surface area contributed by atoms with Crippen LogP contribution in [-0.2, 0) is 5.41 Å². The van der Waals surface area contributed by atoms with E-state index in [1.54, 1.807) is 7.11 Å². The monoisotopic (exact) mass is 290 g/mol. The van der Waals surface area contributed by atoms with Crippen molar-refractivity contribution in [2.45, 2.75) is 45.1 Å². The molecule has 2 atom stereocenters. The minimum Gasteiger partial charge on any atom is -0.496 e. The smallest absolute Gasteiger partial charge is 0.123 e. The summed E-state index contributed by atoms with van der Waals surface area (Å²) in [7, 11) is 3.95. The lowest BCUT2D eigenvalue weighted by Gasteiger charge is -2.27. The SMILES string of the molecule is CCC(C)(C)c1ccc(OC)c(C2CC(CN)CN2C)c1. The number of benzene rings is 1. The van der Waals surface area contributed by atoms with E-state index in [1.807, 2.05) is 0 Å². The van der Waals surface area contributed by atoms with E-state index in [2.05, 4.69) is 50.9 Å². The molecule has 1 fully saturated rings. The van der Waals surface area contributed by atoms with Gasteiger partial charge in [0.1, 0.15) is 5.75 Å². The van der Waals surface area contributed by atoms with E-state index >= 15 is 0 Å². The van der Waals surface area contributed by atoms with Gasteiger partial charge in [0.25, 0.3) is 0 Å². The molecule has 0 amide bonds. The number of likely N-dealkylation sites (tertiary alicyclic amines) is 1. The molecule has 21 heavy (non-hydrogen) atoms. The van der Waals surface area contributed by atoms with Crippen LogP contribution >= 0.6 is 0 Å². The molecule has 1 heterocycles. The Morgan fingerprint density at radius 1 is 1.38 bits per heavy atom. The minimum absolute atomic E-state index is 0.200. The molecule has 2 unspecified atom stereocenters. The summed E-state index contributed by atoms with van der Waals surface area (Å²) in [5.41, 5.74) is 8.78. The van der Waals surface area contributed by atoms with Crippen molar-refractivity contribution in [1.29, 1.82) is 0 Å².